The Bertz CT molecular complexity index is 977. The molecule has 9 heteroatoms. The topological polar surface area (TPSA) is 108 Å². The van der Waals surface area contributed by atoms with E-state index in [4.69, 9.17) is 0 Å². The molecule has 2 amide bonds. The van der Waals surface area contributed by atoms with E-state index in [-0.39, 0.29) is 11.4 Å². The zero-order valence-electron chi connectivity index (χ0n) is 15.7. The highest BCUT2D eigenvalue weighted by Gasteiger charge is 2.36. The van der Waals surface area contributed by atoms with Gasteiger partial charge in [0, 0.05) is 11.9 Å². The van der Waals surface area contributed by atoms with Crippen molar-refractivity contribution < 1.29 is 18.0 Å². The first-order valence-electron chi connectivity index (χ1n) is 9.38. The van der Waals surface area contributed by atoms with Crippen LogP contribution in [0.2, 0.25) is 0 Å². The molecule has 0 saturated carbocycles. The minimum atomic E-state index is -3.50. The number of piperidine rings is 1. The van der Waals surface area contributed by atoms with Gasteiger partial charge in [-0.3, -0.25) is 20.4 Å². The Balaban J connectivity index is 1.66. The Morgan fingerprint density at radius 2 is 1.93 bits per heavy atom. The number of fused-ring (bicyclic) bond motifs is 1. The van der Waals surface area contributed by atoms with Crippen molar-refractivity contribution in [2.24, 2.45) is 0 Å². The molecule has 0 bridgehead atoms. The number of amides is 2. The average Bonchev–Trinajstić information content (AvgIpc) is 2.71. The number of para-hydroxylation sites is 1. The zero-order valence-corrected chi connectivity index (χ0v) is 16.5. The number of rotatable bonds is 5. The lowest BCUT2D eigenvalue weighted by atomic mass is 10.0. The van der Waals surface area contributed by atoms with Crippen LogP contribution in [0.1, 0.15) is 43.1 Å². The number of hydrazine groups is 1. The van der Waals surface area contributed by atoms with E-state index in [1.807, 2.05) is 18.2 Å². The summed E-state index contributed by atoms with van der Waals surface area (Å²) >= 11 is 0. The Morgan fingerprint density at radius 3 is 2.71 bits per heavy atom. The molecule has 0 spiro atoms. The lowest BCUT2D eigenvalue weighted by Gasteiger charge is -2.33. The van der Waals surface area contributed by atoms with E-state index in [0.29, 0.717) is 24.9 Å². The molecule has 0 radical (unpaired) electrons. The first kappa shape index (κ1) is 20.2. The van der Waals surface area contributed by atoms with Crippen molar-refractivity contribution in [2.45, 2.75) is 38.6 Å². The molecule has 2 heterocycles. The molecule has 1 aliphatic heterocycles. The van der Waals surface area contributed by atoms with Crippen LogP contribution in [-0.4, -0.2) is 47.9 Å². The molecule has 0 aliphatic carbocycles. The maximum atomic E-state index is 12.6. The third-order valence-corrected chi connectivity index (χ3v) is 6.78. The Morgan fingerprint density at radius 1 is 1.14 bits per heavy atom. The fraction of sp³-hybridized carbons (Fsp3) is 0.421. The number of aromatic nitrogens is 1. The minimum Gasteiger partial charge on any atom is -0.271 e. The van der Waals surface area contributed by atoms with Crippen LogP contribution in [0.3, 0.4) is 0 Å². The fourth-order valence-electron chi connectivity index (χ4n) is 3.33. The fourth-order valence-corrected chi connectivity index (χ4v) is 5.08. The van der Waals surface area contributed by atoms with Crippen molar-refractivity contribution >= 4 is 32.7 Å². The molecule has 1 saturated heterocycles. The van der Waals surface area contributed by atoms with Gasteiger partial charge in [0.1, 0.15) is 11.7 Å². The van der Waals surface area contributed by atoms with Crippen molar-refractivity contribution in [2.75, 3.05) is 12.3 Å². The Kier molecular flexibility index (Phi) is 6.25. The van der Waals surface area contributed by atoms with E-state index in [1.54, 1.807) is 25.1 Å². The summed E-state index contributed by atoms with van der Waals surface area (Å²) in [6.07, 6.45) is 2.40. The van der Waals surface area contributed by atoms with Crippen LogP contribution >= 0.6 is 0 Å². The number of nitrogens with zero attached hydrogens (tertiary/aromatic N) is 2. The van der Waals surface area contributed by atoms with E-state index in [0.717, 1.165) is 18.2 Å². The molecular formula is C19H24N4O4S. The van der Waals surface area contributed by atoms with Crippen molar-refractivity contribution in [3.05, 3.63) is 42.1 Å². The average molecular weight is 404 g/mol. The number of carbonyl (C=O) groups is 2. The van der Waals surface area contributed by atoms with Crippen LogP contribution in [0.25, 0.3) is 10.9 Å². The van der Waals surface area contributed by atoms with Crippen molar-refractivity contribution in [3.8, 4) is 0 Å². The van der Waals surface area contributed by atoms with Gasteiger partial charge in [-0.1, -0.05) is 37.6 Å². The van der Waals surface area contributed by atoms with Gasteiger partial charge in [0.15, 0.2) is 0 Å². The summed E-state index contributed by atoms with van der Waals surface area (Å²) in [5.41, 5.74) is 5.54. The smallest absolute Gasteiger partial charge is 0.271 e. The molecule has 3 rings (SSSR count). The summed E-state index contributed by atoms with van der Waals surface area (Å²) in [7, 11) is -3.50. The lowest BCUT2D eigenvalue weighted by Crippen LogP contribution is -2.55. The number of nitrogens with one attached hydrogen (secondary N) is 2. The summed E-state index contributed by atoms with van der Waals surface area (Å²) in [5, 5.41) is 0.905. The van der Waals surface area contributed by atoms with E-state index < -0.39 is 27.9 Å². The summed E-state index contributed by atoms with van der Waals surface area (Å²) in [6, 6.07) is 9.93. The van der Waals surface area contributed by atoms with Crippen LogP contribution in [0, 0.1) is 0 Å². The first-order valence-corrected chi connectivity index (χ1v) is 11.0. The second kappa shape index (κ2) is 8.66. The second-order valence-electron chi connectivity index (χ2n) is 6.77. The number of sulfonamides is 1. The molecule has 1 fully saturated rings. The Labute approximate surface area is 164 Å². The number of carbonyl (C=O) groups excluding carboxylic acids is 2. The third kappa shape index (κ3) is 4.48. The Hall–Kier alpha value is -2.52. The molecule has 2 aromatic rings. The van der Waals surface area contributed by atoms with Crippen LogP contribution in [0.4, 0.5) is 0 Å². The molecule has 2 N–H and O–H groups in total. The predicted octanol–water partition coefficient (Wildman–Crippen LogP) is 1.59. The van der Waals surface area contributed by atoms with E-state index in [9.17, 15) is 18.0 Å². The van der Waals surface area contributed by atoms with Crippen LogP contribution in [-0.2, 0) is 14.8 Å². The lowest BCUT2D eigenvalue weighted by molar-refractivity contribution is -0.126. The van der Waals surface area contributed by atoms with Gasteiger partial charge >= 0.3 is 0 Å². The number of hydrogen-bond donors (Lipinski definition) is 2. The molecule has 150 valence electrons. The quantitative estimate of drug-likeness (QED) is 0.736. The zero-order chi connectivity index (χ0) is 20.1. The molecule has 1 unspecified atom stereocenters. The first-order chi connectivity index (χ1) is 13.4. The van der Waals surface area contributed by atoms with Gasteiger partial charge < -0.3 is 0 Å². The molecule has 1 aliphatic rings. The molecule has 1 aromatic heterocycles. The number of pyridine rings is 1. The summed E-state index contributed by atoms with van der Waals surface area (Å²) in [6.45, 7) is 2.11. The number of benzene rings is 1. The van der Waals surface area contributed by atoms with E-state index >= 15 is 0 Å². The molecule has 8 nitrogen and oxygen atoms in total. The third-order valence-electron chi connectivity index (χ3n) is 4.71. The second-order valence-corrected chi connectivity index (χ2v) is 8.81. The van der Waals surface area contributed by atoms with Crippen molar-refractivity contribution in [1.29, 1.82) is 0 Å². The highest BCUT2D eigenvalue weighted by molar-refractivity contribution is 7.89. The van der Waals surface area contributed by atoms with Crippen molar-refractivity contribution in [3.63, 3.8) is 0 Å². The molecule has 1 atom stereocenters. The van der Waals surface area contributed by atoms with Gasteiger partial charge in [0.05, 0.1) is 11.3 Å². The van der Waals surface area contributed by atoms with E-state index in [1.165, 1.54) is 4.31 Å². The van der Waals surface area contributed by atoms with Gasteiger partial charge in [-0.05, 0) is 31.4 Å². The van der Waals surface area contributed by atoms with Gasteiger partial charge in [0.25, 0.3) is 11.8 Å². The van der Waals surface area contributed by atoms with Gasteiger partial charge in [-0.15, -0.1) is 0 Å². The van der Waals surface area contributed by atoms with E-state index in [2.05, 4.69) is 15.8 Å². The maximum absolute atomic E-state index is 12.6. The van der Waals surface area contributed by atoms with Crippen LogP contribution in [0.5, 0.6) is 0 Å². The standard InChI is InChI=1S/C19H24N4O4S/c1-2-13-28(26,27)23-12-6-5-9-17(23)19(25)22-21-18(24)16-11-10-14-7-3-4-8-15(14)20-16/h3-4,7-8,10-11,17H,2,5-6,9,12-13H2,1H3,(H,21,24)(H,22,25). The molecule has 28 heavy (non-hydrogen) atoms. The molecule has 1 aromatic carbocycles. The minimum absolute atomic E-state index is 0.00412. The number of hydrogen-bond acceptors (Lipinski definition) is 5. The molecular weight excluding hydrogens is 380 g/mol. The van der Waals surface area contributed by atoms with Gasteiger partial charge in [0.2, 0.25) is 10.0 Å². The monoisotopic (exact) mass is 404 g/mol. The van der Waals surface area contributed by atoms with Gasteiger partial charge in [-0.25, -0.2) is 13.4 Å². The highest BCUT2D eigenvalue weighted by atomic mass is 32.2. The van der Waals surface area contributed by atoms with Gasteiger partial charge in [-0.2, -0.15) is 4.31 Å². The summed E-state index contributed by atoms with van der Waals surface area (Å²) in [4.78, 5) is 29.2. The largest absolute Gasteiger partial charge is 0.288 e. The normalized spacial score (nSPS) is 18.0. The van der Waals surface area contributed by atoms with Crippen LogP contribution < -0.4 is 10.9 Å². The SMILES string of the molecule is CCCS(=O)(=O)N1CCCCC1C(=O)NNC(=O)c1ccc2ccccc2n1. The van der Waals surface area contributed by atoms with Crippen molar-refractivity contribution in [1.82, 2.24) is 20.1 Å². The highest BCUT2D eigenvalue weighted by Crippen LogP contribution is 2.21. The maximum Gasteiger partial charge on any atom is 0.288 e. The summed E-state index contributed by atoms with van der Waals surface area (Å²) < 4.78 is 26.1. The van der Waals surface area contributed by atoms with Crippen LogP contribution in [0.15, 0.2) is 36.4 Å². The summed E-state index contributed by atoms with van der Waals surface area (Å²) in [5.74, 6) is -1.09. The predicted molar refractivity (Wildman–Crippen MR) is 106 cm³/mol.